The number of nitrogens with one attached hydrogen (secondary N) is 1. The van der Waals surface area contributed by atoms with Crippen LogP contribution in [0, 0.1) is 5.92 Å². The molecule has 0 fully saturated rings. The number of amides is 1. The number of aromatic hydroxyl groups is 1. The highest BCUT2D eigenvalue weighted by Gasteiger charge is 2.16. The molecule has 4 N–H and O–H groups in total. The highest BCUT2D eigenvalue weighted by molar-refractivity contribution is 5.94. The van der Waals surface area contributed by atoms with Crippen molar-refractivity contribution in [2.75, 3.05) is 13.7 Å². The summed E-state index contributed by atoms with van der Waals surface area (Å²) in [6, 6.07) is 4.50. The zero-order valence-electron chi connectivity index (χ0n) is 12.3. The Balaban J connectivity index is 2.61. The normalized spacial score (nSPS) is 12.2. The van der Waals surface area contributed by atoms with Crippen LogP contribution in [0.2, 0.25) is 0 Å². The van der Waals surface area contributed by atoms with E-state index in [0.717, 1.165) is 12.8 Å². The van der Waals surface area contributed by atoms with Gasteiger partial charge in [-0.3, -0.25) is 4.79 Å². The van der Waals surface area contributed by atoms with Gasteiger partial charge in [-0.05, 0) is 24.1 Å². The minimum atomic E-state index is -0.246. The van der Waals surface area contributed by atoms with E-state index >= 15 is 0 Å². The van der Waals surface area contributed by atoms with Gasteiger partial charge in [0.15, 0.2) is 11.5 Å². The Kier molecular flexibility index (Phi) is 6.31. The van der Waals surface area contributed by atoms with Crippen molar-refractivity contribution in [3.63, 3.8) is 0 Å². The predicted octanol–water partition coefficient (Wildman–Crippen LogP) is 1.89. The van der Waals surface area contributed by atoms with E-state index in [2.05, 4.69) is 19.2 Å². The first-order chi connectivity index (χ1) is 9.53. The number of phenolic OH excluding ortho intramolecular Hbond substituents is 1. The first kappa shape index (κ1) is 16.3. The summed E-state index contributed by atoms with van der Waals surface area (Å²) in [5, 5.41) is 12.4. The Labute approximate surface area is 120 Å². The molecule has 0 bridgehead atoms. The van der Waals surface area contributed by atoms with Crippen LogP contribution in [0.25, 0.3) is 0 Å². The molecule has 0 radical (unpaired) electrons. The third kappa shape index (κ3) is 4.13. The fourth-order valence-corrected chi connectivity index (χ4v) is 2.20. The van der Waals surface area contributed by atoms with E-state index < -0.39 is 0 Å². The number of benzene rings is 1. The van der Waals surface area contributed by atoms with Crippen LogP contribution in [-0.4, -0.2) is 30.7 Å². The van der Waals surface area contributed by atoms with Crippen LogP contribution in [0.4, 0.5) is 0 Å². The van der Waals surface area contributed by atoms with E-state index in [1.807, 2.05) is 0 Å². The molecule has 0 aromatic heterocycles. The topological polar surface area (TPSA) is 84.6 Å². The maximum atomic E-state index is 12.0. The first-order valence-corrected chi connectivity index (χ1v) is 6.94. The third-order valence-corrected chi connectivity index (χ3v) is 3.59. The van der Waals surface area contributed by atoms with Gasteiger partial charge < -0.3 is 20.9 Å². The summed E-state index contributed by atoms with van der Waals surface area (Å²) < 4.78 is 4.94. The van der Waals surface area contributed by atoms with Crippen molar-refractivity contribution in [2.24, 2.45) is 11.7 Å². The zero-order chi connectivity index (χ0) is 15.1. The van der Waals surface area contributed by atoms with Crippen molar-refractivity contribution >= 4 is 5.91 Å². The number of rotatable bonds is 7. The van der Waals surface area contributed by atoms with Gasteiger partial charge in [0.2, 0.25) is 0 Å². The lowest BCUT2D eigenvalue weighted by Crippen LogP contribution is -2.41. The molecule has 5 nitrogen and oxygen atoms in total. The van der Waals surface area contributed by atoms with Crippen LogP contribution < -0.4 is 15.8 Å². The monoisotopic (exact) mass is 280 g/mol. The number of phenols is 1. The number of nitrogens with two attached hydrogens (primary N) is 1. The van der Waals surface area contributed by atoms with Crippen LogP contribution >= 0.6 is 0 Å². The molecule has 0 spiro atoms. The highest BCUT2D eigenvalue weighted by Crippen LogP contribution is 2.26. The molecule has 5 heteroatoms. The average molecular weight is 280 g/mol. The second kappa shape index (κ2) is 7.75. The van der Waals surface area contributed by atoms with Crippen molar-refractivity contribution in [2.45, 2.75) is 32.7 Å². The molecular formula is C15H24N2O3. The van der Waals surface area contributed by atoms with Gasteiger partial charge in [-0.15, -0.1) is 0 Å². The van der Waals surface area contributed by atoms with Gasteiger partial charge in [0.1, 0.15) is 0 Å². The molecule has 0 aliphatic carbocycles. The number of hydrogen-bond acceptors (Lipinski definition) is 4. The molecule has 1 aromatic carbocycles. The molecule has 0 aliphatic heterocycles. The Bertz CT molecular complexity index is 445. The maximum Gasteiger partial charge on any atom is 0.251 e. The third-order valence-electron chi connectivity index (χ3n) is 3.59. The zero-order valence-corrected chi connectivity index (χ0v) is 12.3. The minimum absolute atomic E-state index is 0.0514. The molecule has 0 saturated carbocycles. The summed E-state index contributed by atoms with van der Waals surface area (Å²) in [7, 11) is 1.46. The van der Waals surface area contributed by atoms with E-state index in [0.29, 0.717) is 23.8 Å². The SMILES string of the molecule is CCC(CC)C(N)CNC(=O)c1ccc(OC)c(O)c1. The Hall–Kier alpha value is -1.75. The lowest BCUT2D eigenvalue weighted by Gasteiger charge is -2.21. The van der Waals surface area contributed by atoms with Gasteiger partial charge in [0, 0.05) is 18.2 Å². The Morgan fingerprint density at radius 3 is 2.55 bits per heavy atom. The molecule has 1 amide bonds. The van der Waals surface area contributed by atoms with Crippen LogP contribution in [0.15, 0.2) is 18.2 Å². The second-order valence-corrected chi connectivity index (χ2v) is 4.84. The summed E-state index contributed by atoms with van der Waals surface area (Å²) in [5.74, 6) is 0.448. The lowest BCUT2D eigenvalue weighted by atomic mass is 9.95. The molecule has 1 unspecified atom stereocenters. The first-order valence-electron chi connectivity index (χ1n) is 6.94. The molecule has 20 heavy (non-hydrogen) atoms. The van der Waals surface area contributed by atoms with Crippen molar-refractivity contribution < 1.29 is 14.6 Å². The number of methoxy groups -OCH3 is 1. The van der Waals surface area contributed by atoms with Gasteiger partial charge in [0.25, 0.3) is 5.91 Å². The van der Waals surface area contributed by atoms with Crippen molar-refractivity contribution in [1.29, 1.82) is 0 Å². The van der Waals surface area contributed by atoms with Gasteiger partial charge >= 0.3 is 0 Å². The summed E-state index contributed by atoms with van der Waals surface area (Å²) >= 11 is 0. The summed E-state index contributed by atoms with van der Waals surface area (Å²) in [5.41, 5.74) is 6.45. The maximum absolute atomic E-state index is 12.0. The predicted molar refractivity (Wildman–Crippen MR) is 79.0 cm³/mol. The molecule has 0 aliphatic rings. The average Bonchev–Trinajstić information content (AvgIpc) is 2.45. The minimum Gasteiger partial charge on any atom is -0.504 e. The molecule has 1 aromatic rings. The smallest absolute Gasteiger partial charge is 0.251 e. The summed E-state index contributed by atoms with van der Waals surface area (Å²) in [6.07, 6.45) is 1.99. The van der Waals surface area contributed by atoms with Crippen LogP contribution in [-0.2, 0) is 0 Å². The van der Waals surface area contributed by atoms with E-state index in [1.165, 1.54) is 13.2 Å². The van der Waals surface area contributed by atoms with E-state index in [1.54, 1.807) is 12.1 Å². The standard InChI is InChI=1S/C15H24N2O3/c1-4-10(5-2)12(16)9-17-15(19)11-6-7-14(20-3)13(18)8-11/h6-8,10,12,18H,4-5,9,16H2,1-3H3,(H,17,19). The van der Waals surface area contributed by atoms with Gasteiger partial charge in [-0.2, -0.15) is 0 Å². The highest BCUT2D eigenvalue weighted by atomic mass is 16.5. The molecule has 0 saturated heterocycles. The van der Waals surface area contributed by atoms with E-state index in [9.17, 15) is 9.90 Å². The molecular weight excluding hydrogens is 256 g/mol. The summed E-state index contributed by atoms with van der Waals surface area (Å²) in [4.78, 5) is 12.0. The molecule has 0 heterocycles. The van der Waals surface area contributed by atoms with Crippen molar-refractivity contribution in [3.05, 3.63) is 23.8 Å². The second-order valence-electron chi connectivity index (χ2n) is 4.84. The summed E-state index contributed by atoms with van der Waals surface area (Å²) in [6.45, 7) is 4.62. The molecule has 112 valence electrons. The van der Waals surface area contributed by atoms with Gasteiger partial charge in [0.05, 0.1) is 7.11 Å². The number of ether oxygens (including phenoxy) is 1. The van der Waals surface area contributed by atoms with Crippen LogP contribution in [0.1, 0.15) is 37.0 Å². The van der Waals surface area contributed by atoms with Crippen LogP contribution in [0.3, 0.4) is 0 Å². The largest absolute Gasteiger partial charge is 0.504 e. The number of carbonyl (C=O) groups excluding carboxylic acids is 1. The van der Waals surface area contributed by atoms with Gasteiger partial charge in [-0.25, -0.2) is 0 Å². The fraction of sp³-hybridized carbons (Fsp3) is 0.533. The van der Waals surface area contributed by atoms with Crippen LogP contribution in [0.5, 0.6) is 11.5 Å². The quantitative estimate of drug-likeness (QED) is 0.712. The Morgan fingerprint density at radius 2 is 2.05 bits per heavy atom. The van der Waals surface area contributed by atoms with Gasteiger partial charge in [-0.1, -0.05) is 26.7 Å². The molecule has 1 atom stereocenters. The molecule has 1 rings (SSSR count). The lowest BCUT2D eigenvalue weighted by molar-refractivity contribution is 0.0947. The fourth-order valence-electron chi connectivity index (χ4n) is 2.20. The van der Waals surface area contributed by atoms with E-state index in [-0.39, 0.29) is 17.7 Å². The Morgan fingerprint density at radius 1 is 1.40 bits per heavy atom. The van der Waals surface area contributed by atoms with Crippen molar-refractivity contribution in [1.82, 2.24) is 5.32 Å². The van der Waals surface area contributed by atoms with Crippen molar-refractivity contribution in [3.8, 4) is 11.5 Å². The van der Waals surface area contributed by atoms with E-state index in [4.69, 9.17) is 10.5 Å². The number of hydrogen-bond donors (Lipinski definition) is 3. The number of carbonyl (C=O) groups is 1.